The van der Waals surface area contributed by atoms with Crippen LogP contribution < -0.4 is 5.32 Å². The molecule has 1 spiro atoms. The molecule has 4 atom stereocenters. The summed E-state index contributed by atoms with van der Waals surface area (Å²) in [7, 11) is 0. The van der Waals surface area contributed by atoms with Gasteiger partial charge in [0.15, 0.2) is 17.2 Å². The quantitative estimate of drug-likeness (QED) is 0.221. The number of halogens is 1. The molecule has 2 heterocycles. The van der Waals surface area contributed by atoms with Gasteiger partial charge in [0, 0.05) is 60.6 Å². The van der Waals surface area contributed by atoms with E-state index in [1.54, 1.807) is 11.0 Å². The summed E-state index contributed by atoms with van der Waals surface area (Å²) >= 11 is 6.25. The molecule has 1 aromatic rings. The minimum atomic E-state index is -0.925. The number of likely N-dealkylation sites (tertiary alicyclic amines) is 1. The fraction of sp³-hybridized carbons (Fsp3) is 0.676. The summed E-state index contributed by atoms with van der Waals surface area (Å²) in [5.41, 5.74) is 0.570. The fourth-order valence-corrected chi connectivity index (χ4v) is 7.72. The molecule has 0 unspecified atom stereocenters. The summed E-state index contributed by atoms with van der Waals surface area (Å²) in [6, 6.07) is 6.60. The van der Waals surface area contributed by atoms with Gasteiger partial charge in [-0.3, -0.25) is 24.0 Å². The van der Waals surface area contributed by atoms with Crippen molar-refractivity contribution in [2.45, 2.75) is 128 Å². The maximum Gasteiger partial charge on any atom is 0.227 e. The smallest absolute Gasteiger partial charge is 0.227 e. The maximum atomic E-state index is 14.4. The van der Waals surface area contributed by atoms with Gasteiger partial charge in [-0.2, -0.15) is 0 Å². The summed E-state index contributed by atoms with van der Waals surface area (Å²) in [6.45, 7) is 5.92. The molecule has 3 fully saturated rings. The Morgan fingerprint density at radius 2 is 1.81 bits per heavy atom. The van der Waals surface area contributed by atoms with Crippen LogP contribution in [-0.2, 0) is 28.8 Å². The van der Waals surface area contributed by atoms with E-state index in [1.807, 2.05) is 39.0 Å². The summed E-state index contributed by atoms with van der Waals surface area (Å²) in [4.78, 5) is 75.5. The Hall–Kier alpha value is -3.07. The molecule has 1 aromatic carbocycles. The number of amides is 2. The third kappa shape index (κ3) is 8.89. The first-order chi connectivity index (χ1) is 22.5. The topological polar surface area (TPSA) is 122 Å². The van der Waals surface area contributed by atoms with Crippen LogP contribution in [0.2, 0.25) is 5.02 Å². The van der Waals surface area contributed by atoms with Gasteiger partial charge in [-0.15, -0.1) is 0 Å². The summed E-state index contributed by atoms with van der Waals surface area (Å²) in [5.74, 6) is -2.74. The van der Waals surface area contributed by atoms with Crippen LogP contribution in [0.1, 0.15) is 116 Å². The van der Waals surface area contributed by atoms with E-state index >= 15 is 0 Å². The lowest BCUT2D eigenvalue weighted by Gasteiger charge is -2.31. The normalized spacial score (nSPS) is 24.1. The van der Waals surface area contributed by atoms with E-state index < -0.39 is 35.0 Å². The molecule has 1 saturated heterocycles. The molecule has 1 N–H and O–H groups in total. The molecule has 2 aliphatic heterocycles. The molecule has 0 radical (unpaired) electrons. The van der Waals surface area contributed by atoms with Crippen molar-refractivity contribution in [2.75, 3.05) is 6.54 Å². The first-order valence-corrected chi connectivity index (χ1v) is 18.1. The van der Waals surface area contributed by atoms with Crippen molar-refractivity contribution in [2.24, 2.45) is 28.8 Å². The summed E-state index contributed by atoms with van der Waals surface area (Å²) in [6.07, 6.45) is 9.04. The lowest BCUT2D eigenvalue weighted by molar-refractivity contribution is -0.145. The van der Waals surface area contributed by atoms with Crippen molar-refractivity contribution in [3.8, 4) is 0 Å². The Morgan fingerprint density at radius 1 is 1.06 bits per heavy atom. The molecule has 4 aliphatic rings. The molecule has 10 heteroatoms. The molecule has 256 valence electrons. The number of oxime groups is 1. The predicted molar refractivity (Wildman–Crippen MR) is 180 cm³/mol. The van der Waals surface area contributed by atoms with Crippen molar-refractivity contribution < 1.29 is 28.8 Å². The van der Waals surface area contributed by atoms with Crippen molar-refractivity contribution in [1.29, 1.82) is 0 Å². The van der Waals surface area contributed by atoms with Gasteiger partial charge in [0.2, 0.25) is 17.6 Å². The molecule has 2 amide bonds. The number of rotatable bonds is 15. The zero-order valence-corrected chi connectivity index (χ0v) is 28.9. The van der Waals surface area contributed by atoms with E-state index in [9.17, 15) is 24.0 Å². The van der Waals surface area contributed by atoms with Crippen molar-refractivity contribution >= 4 is 46.5 Å². The van der Waals surface area contributed by atoms with Crippen LogP contribution in [-0.4, -0.2) is 64.0 Å². The van der Waals surface area contributed by atoms with Gasteiger partial charge in [0.25, 0.3) is 0 Å². The highest BCUT2D eigenvalue weighted by molar-refractivity contribution is 6.38. The number of hydrogen-bond acceptors (Lipinski definition) is 7. The number of Topliss-reactive ketones (excluding diaryl/α,β-unsaturated/α-hetero) is 3. The van der Waals surface area contributed by atoms with E-state index in [1.165, 1.54) is 6.42 Å². The van der Waals surface area contributed by atoms with Gasteiger partial charge in [-0.25, -0.2) is 0 Å². The van der Waals surface area contributed by atoms with Gasteiger partial charge >= 0.3 is 0 Å². The number of carbonyl (C=O) groups is 5. The third-order valence-electron chi connectivity index (χ3n) is 10.5. The van der Waals surface area contributed by atoms with Crippen LogP contribution in [0.25, 0.3) is 0 Å². The van der Waals surface area contributed by atoms with Gasteiger partial charge in [-0.05, 0) is 56.1 Å². The van der Waals surface area contributed by atoms with E-state index in [2.05, 4.69) is 10.5 Å². The molecule has 47 heavy (non-hydrogen) atoms. The van der Waals surface area contributed by atoms with Crippen molar-refractivity contribution in [1.82, 2.24) is 10.2 Å². The highest BCUT2D eigenvalue weighted by Gasteiger charge is 2.54. The average molecular weight is 668 g/mol. The molecular weight excluding hydrogens is 618 g/mol. The molecule has 2 saturated carbocycles. The minimum Gasteiger partial charge on any atom is -0.387 e. The van der Waals surface area contributed by atoms with Crippen LogP contribution in [0.4, 0.5) is 0 Å². The molecule has 0 aromatic heterocycles. The first kappa shape index (κ1) is 35.2. The van der Waals surface area contributed by atoms with Gasteiger partial charge in [0.1, 0.15) is 0 Å². The van der Waals surface area contributed by atoms with E-state index in [0.29, 0.717) is 30.0 Å². The maximum absolute atomic E-state index is 14.4. The molecule has 9 nitrogen and oxygen atoms in total. The Kier molecular flexibility index (Phi) is 11.6. The van der Waals surface area contributed by atoms with Crippen LogP contribution >= 0.6 is 11.6 Å². The van der Waals surface area contributed by atoms with E-state index in [4.69, 9.17) is 16.4 Å². The summed E-state index contributed by atoms with van der Waals surface area (Å²) < 4.78 is 0. The first-order valence-electron chi connectivity index (χ1n) is 17.7. The monoisotopic (exact) mass is 667 g/mol. The molecule has 5 rings (SSSR count). The second-order valence-corrected chi connectivity index (χ2v) is 15.2. The number of benzene rings is 1. The number of nitrogens with one attached hydrogen (secondary N) is 1. The van der Waals surface area contributed by atoms with E-state index in [0.717, 1.165) is 44.1 Å². The zero-order chi connectivity index (χ0) is 33.7. The fourth-order valence-electron chi connectivity index (χ4n) is 7.53. The number of hydrogen-bond donors (Lipinski definition) is 1. The van der Waals surface area contributed by atoms with Gasteiger partial charge < -0.3 is 15.1 Å². The van der Waals surface area contributed by atoms with Gasteiger partial charge in [0.05, 0.1) is 18.3 Å². The minimum absolute atomic E-state index is 0.0369. The van der Waals surface area contributed by atoms with Crippen LogP contribution in [0.5, 0.6) is 0 Å². The molecule has 2 aliphatic carbocycles. The molecular formula is C37H50ClN3O6. The van der Waals surface area contributed by atoms with Crippen molar-refractivity contribution in [3.63, 3.8) is 0 Å². The highest BCUT2D eigenvalue weighted by atomic mass is 35.5. The second kappa shape index (κ2) is 15.4. The lowest BCUT2D eigenvalue weighted by atomic mass is 9.85. The summed E-state index contributed by atoms with van der Waals surface area (Å²) in [5, 5.41) is 8.09. The third-order valence-corrected chi connectivity index (χ3v) is 10.7. The van der Waals surface area contributed by atoms with E-state index in [-0.39, 0.29) is 67.7 Å². The Labute approximate surface area is 283 Å². The van der Waals surface area contributed by atoms with Crippen molar-refractivity contribution in [3.05, 3.63) is 34.9 Å². The SMILES string of the molecule is CCC[C@H](CC(=O)[C@@H]1C[C@]2(CC(c3cccc(Cl)c3)=NO2)CN1C(=O)[C@@H](CC(=O)NC1CCCCC1)C(C)C)C(=O)C(=O)CC1CC1. The number of ketones is 3. The van der Waals surface area contributed by atoms with Crippen LogP contribution in [0.15, 0.2) is 29.4 Å². The van der Waals surface area contributed by atoms with Crippen LogP contribution in [0, 0.1) is 23.7 Å². The zero-order valence-electron chi connectivity index (χ0n) is 28.1. The Bertz CT molecular complexity index is 1380. The standard InChI is InChI=1S/C37H50ClN3O6/c1-4-9-26(35(45)33(43)16-24-14-15-24)18-32(42)31-21-37(20-30(40-47-37)25-10-8-11-27(38)17-25)22-41(31)36(46)29(23(2)3)19-34(44)39-28-12-6-5-7-13-28/h8,10-11,17,23-24,26,28-29,31H,4-7,9,12-16,18-22H2,1-3H3,(H,39,44)/t26-,29+,31+,37-/m1/s1. The average Bonchev–Trinajstić information content (AvgIpc) is 3.64. The number of nitrogens with zero attached hydrogens (tertiary/aromatic N) is 2. The largest absolute Gasteiger partial charge is 0.387 e. The predicted octanol–water partition coefficient (Wildman–Crippen LogP) is 6.23. The molecule has 0 bridgehead atoms. The van der Waals surface area contributed by atoms with Crippen LogP contribution in [0.3, 0.4) is 0 Å². The number of carbonyl (C=O) groups excluding carboxylic acids is 5. The lowest BCUT2D eigenvalue weighted by Crippen LogP contribution is -2.47. The van der Waals surface area contributed by atoms with Gasteiger partial charge in [-0.1, -0.05) is 75.3 Å². The Morgan fingerprint density at radius 3 is 2.47 bits per heavy atom. The Balaban J connectivity index is 1.35. The second-order valence-electron chi connectivity index (χ2n) is 14.7. The highest BCUT2D eigenvalue weighted by Crippen LogP contribution is 2.41.